The quantitative estimate of drug-likeness (QED) is 0.353. The molecule has 1 heterocycles. The second-order valence-electron chi connectivity index (χ2n) is 4.47. The van der Waals surface area contributed by atoms with Crippen molar-refractivity contribution in [3.8, 4) is 0 Å². The Morgan fingerprint density at radius 2 is 2.42 bits per heavy atom. The van der Waals surface area contributed by atoms with E-state index >= 15 is 0 Å². The van der Waals surface area contributed by atoms with Crippen molar-refractivity contribution in [2.75, 3.05) is 20.1 Å². The van der Waals surface area contributed by atoms with Gasteiger partial charge in [0.1, 0.15) is 0 Å². The number of aromatic nitrogens is 2. The molecule has 0 atom stereocenters. The van der Waals surface area contributed by atoms with E-state index in [9.17, 15) is 0 Å². The molecule has 1 aromatic rings. The van der Waals surface area contributed by atoms with Crippen molar-refractivity contribution in [2.45, 2.75) is 26.3 Å². The summed E-state index contributed by atoms with van der Waals surface area (Å²) >= 11 is 0. The molecule has 1 N–H and O–H groups in total. The van der Waals surface area contributed by atoms with Gasteiger partial charge in [-0.25, -0.2) is 4.99 Å². The first-order chi connectivity index (χ1) is 9.19. The molecule has 0 saturated heterocycles. The summed E-state index contributed by atoms with van der Waals surface area (Å²) in [5, 5.41) is 7.46. The van der Waals surface area contributed by atoms with Crippen LogP contribution < -0.4 is 5.32 Å². The third-order valence-corrected chi connectivity index (χ3v) is 2.91. The van der Waals surface area contributed by atoms with E-state index in [4.69, 9.17) is 0 Å². The van der Waals surface area contributed by atoms with Crippen molar-refractivity contribution >= 4 is 5.96 Å². The maximum absolute atomic E-state index is 4.64. The number of aliphatic imine (C=N–C) groups is 1. The Morgan fingerprint density at radius 3 is 3.00 bits per heavy atom. The third-order valence-electron chi connectivity index (χ3n) is 2.91. The molecule has 0 saturated carbocycles. The predicted octanol–water partition coefficient (Wildman–Crippen LogP) is 1.78. The van der Waals surface area contributed by atoms with Crippen LogP contribution in [0.5, 0.6) is 0 Å². The molecule has 106 valence electrons. The maximum Gasteiger partial charge on any atom is 0.194 e. The highest BCUT2D eigenvalue weighted by Gasteiger charge is 2.05. The summed E-state index contributed by atoms with van der Waals surface area (Å²) in [5.41, 5.74) is 1.11. The van der Waals surface area contributed by atoms with Gasteiger partial charge in [0.15, 0.2) is 5.96 Å². The van der Waals surface area contributed by atoms with Crippen LogP contribution in [0.1, 0.15) is 25.5 Å². The molecule has 0 aliphatic heterocycles. The third kappa shape index (κ3) is 5.16. The highest BCUT2D eigenvalue weighted by atomic mass is 15.3. The molecule has 19 heavy (non-hydrogen) atoms. The van der Waals surface area contributed by atoms with Crippen LogP contribution in [0.15, 0.2) is 29.9 Å². The van der Waals surface area contributed by atoms with E-state index < -0.39 is 0 Å². The van der Waals surface area contributed by atoms with Gasteiger partial charge in [-0.15, -0.1) is 6.58 Å². The van der Waals surface area contributed by atoms with E-state index in [2.05, 4.69) is 40.9 Å². The van der Waals surface area contributed by atoms with Crippen LogP contribution >= 0.6 is 0 Å². The number of nitrogens with one attached hydrogen (secondary N) is 1. The van der Waals surface area contributed by atoms with Gasteiger partial charge in [0.2, 0.25) is 0 Å². The molecule has 0 radical (unpaired) electrons. The number of hydrogen-bond donors (Lipinski definition) is 1. The van der Waals surface area contributed by atoms with Gasteiger partial charge < -0.3 is 10.2 Å². The van der Waals surface area contributed by atoms with E-state index in [1.54, 1.807) is 6.20 Å². The van der Waals surface area contributed by atoms with E-state index in [0.717, 1.165) is 37.6 Å². The lowest BCUT2D eigenvalue weighted by Crippen LogP contribution is -2.39. The molecule has 0 aliphatic carbocycles. The highest BCUT2D eigenvalue weighted by molar-refractivity contribution is 5.79. The summed E-state index contributed by atoms with van der Waals surface area (Å²) in [6, 6.07) is 1.99. The minimum atomic E-state index is 0.643. The van der Waals surface area contributed by atoms with Gasteiger partial charge in [0.05, 0.1) is 12.2 Å². The van der Waals surface area contributed by atoms with Gasteiger partial charge in [-0.05, 0) is 25.8 Å². The lowest BCUT2D eigenvalue weighted by atomic mass is 10.3. The second-order valence-corrected chi connectivity index (χ2v) is 4.47. The second kappa shape index (κ2) is 8.34. The fourth-order valence-electron chi connectivity index (χ4n) is 1.76. The Morgan fingerprint density at radius 1 is 1.63 bits per heavy atom. The topological polar surface area (TPSA) is 45.5 Å². The minimum Gasteiger partial charge on any atom is -0.357 e. The number of guanidine groups is 1. The van der Waals surface area contributed by atoms with Crippen LogP contribution in [-0.2, 0) is 13.6 Å². The van der Waals surface area contributed by atoms with Crippen LogP contribution in [0.2, 0.25) is 0 Å². The molecule has 5 heteroatoms. The monoisotopic (exact) mass is 263 g/mol. The van der Waals surface area contributed by atoms with Crippen molar-refractivity contribution in [3.05, 3.63) is 30.6 Å². The Labute approximate surface area is 116 Å². The Hall–Kier alpha value is -1.78. The molecular weight excluding hydrogens is 238 g/mol. The van der Waals surface area contributed by atoms with E-state index in [-0.39, 0.29) is 0 Å². The first-order valence-corrected chi connectivity index (χ1v) is 6.76. The van der Waals surface area contributed by atoms with E-state index in [1.807, 2.05) is 23.9 Å². The first kappa shape index (κ1) is 15.3. The molecule has 0 aromatic carbocycles. The van der Waals surface area contributed by atoms with Gasteiger partial charge in [-0.3, -0.25) is 4.68 Å². The van der Waals surface area contributed by atoms with Gasteiger partial charge >= 0.3 is 0 Å². The summed E-state index contributed by atoms with van der Waals surface area (Å²) in [7, 11) is 4.00. The summed E-state index contributed by atoms with van der Waals surface area (Å²) in [6.45, 7) is 8.31. The van der Waals surface area contributed by atoms with Gasteiger partial charge in [-0.1, -0.05) is 6.08 Å². The fourth-order valence-corrected chi connectivity index (χ4v) is 1.76. The maximum atomic E-state index is 4.64. The zero-order valence-electron chi connectivity index (χ0n) is 12.3. The lowest BCUT2D eigenvalue weighted by Gasteiger charge is -2.21. The number of unbranched alkanes of at least 4 members (excludes halogenated alkanes) is 1. The predicted molar refractivity (Wildman–Crippen MR) is 80.1 cm³/mol. The Bertz CT molecular complexity index is 408. The zero-order valence-corrected chi connectivity index (χ0v) is 12.3. The molecule has 0 fully saturated rings. The fraction of sp³-hybridized carbons (Fsp3) is 0.571. The highest BCUT2D eigenvalue weighted by Crippen LogP contribution is 2.00. The summed E-state index contributed by atoms with van der Waals surface area (Å²) in [5.74, 6) is 0.938. The summed E-state index contributed by atoms with van der Waals surface area (Å²) in [4.78, 5) is 6.80. The molecular formula is C14H25N5. The average molecular weight is 263 g/mol. The zero-order chi connectivity index (χ0) is 14.1. The van der Waals surface area contributed by atoms with Crippen molar-refractivity contribution in [1.29, 1.82) is 0 Å². The molecule has 1 aromatic heterocycles. The molecule has 0 unspecified atom stereocenters. The average Bonchev–Trinajstić information content (AvgIpc) is 2.80. The SMILES string of the molecule is C=CCCCN(C)C(=NCc1ccnn1C)NCC. The minimum absolute atomic E-state index is 0.643. The van der Waals surface area contributed by atoms with Crippen LogP contribution in [0.4, 0.5) is 0 Å². The number of hydrogen-bond acceptors (Lipinski definition) is 2. The number of rotatable bonds is 7. The normalized spacial score (nSPS) is 11.4. The van der Waals surface area contributed by atoms with Gasteiger partial charge in [-0.2, -0.15) is 5.10 Å². The van der Waals surface area contributed by atoms with Crippen LogP contribution in [0.25, 0.3) is 0 Å². The first-order valence-electron chi connectivity index (χ1n) is 6.76. The smallest absolute Gasteiger partial charge is 0.194 e. The lowest BCUT2D eigenvalue weighted by molar-refractivity contribution is 0.469. The molecule has 0 spiro atoms. The van der Waals surface area contributed by atoms with Crippen LogP contribution in [0, 0.1) is 0 Å². The van der Waals surface area contributed by atoms with Crippen molar-refractivity contribution < 1.29 is 0 Å². The van der Waals surface area contributed by atoms with Crippen LogP contribution in [0.3, 0.4) is 0 Å². The van der Waals surface area contributed by atoms with Gasteiger partial charge in [0.25, 0.3) is 0 Å². The molecule has 0 amide bonds. The van der Waals surface area contributed by atoms with E-state index in [0.29, 0.717) is 6.54 Å². The number of allylic oxidation sites excluding steroid dienone is 1. The molecule has 0 bridgehead atoms. The van der Waals surface area contributed by atoms with Gasteiger partial charge in [0, 0.05) is 33.4 Å². The summed E-state index contributed by atoms with van der Waals surface area (Å²) < 4.78 is 1.85. The van der Waals surface area contributed by atoms with Crippen molar-refractivity contribution in [1.82, 2.24) is 20.0 Å². The molecule has 5 nitrogen and oxygen atoms in total. The Balaban J connectivity index is 2.59. The molecule has 1 rings (SSSR count). The largest absolute Gasteiger partial charge is 0.357 e. The standard InChI is InChI=1S/C14H25N5/c1-5-7-8-11-18(3)14(15-6-2)16-12-13-9-10-17-19(13)4/h5,9-10H,1,6-8,11-12H2,2-4H3,(H,15,16). The Kier molecular flexibility index (Phi) is 6.71. The van der Waals surface area contributed by atoms with Crippen molar-refractivity contribution in [3.63, 3.8) is 0 Å². The number of nitrogens with zero attached hydrogens (tertiary/aromatic N) is 4. The molecule has 0 aliphatic rings. The summed E-state index contributed by atoms with van der Waals surface area (Å²) in [6.07, 6.45) is 5.88. The van der Waals surface area contributed by atoms with Crippen molar-refractivity contribution in [2.24, 2.45) is 12.0 Å². The number of aryl methyl sites for hydroxylation is 1. The van der Waals surface area contributed by atoms with Crippen LogP contribution in [-0.4, -0.2) is 40.8 Å². The van der Waals surface area contributed by atoms with E-state index in [1.165, 1.54) is 0 Å².